The molecule has 4 rings (SSSR count). The van der Waals surface area contributed by atoms with E-state index in [1.165, 1.54) is 5.56 Å². The number of nitrogens with zero attached hydrogens (tertiary/aromatic N) is 2. The third-order valence-electron chi connectivity index (χ3n) is 4.07. The highest BCUT2D eigenvalue weighted by Crippen LogP contribution is 2.31. The molecule has 2 heterocycles. The number of aromatic amines is 1. The minimum atomic E-state index is 0.798. The Balaban J connectivity index is 1.78. The lowest BCUT2D eigenvalue weighted by molar-refractivity contribution is 0.415. The Morgan fingerprint density at radius 2 is 2.00 bits per heavy atom. The first kappa shape index (κ1) is 13.6. The molecular formula is C19H17N3O. The van der Waals surface area contributed by atoms with E-state index in [2.05, 4.69) is 44.9 Å². The van der Waals surface area contributed by atoms with E-state index < -0.39 is 0 Å². The van der Waals surface area contributed by atoms with E-state index in [0.717, 1.165) is 34.5 Å². The van der Waals surface area contributed by atoms with Gasteiger partial charge in [0.05, 0.1) is 25.3 Å². The van der Waals surface area contributed by atoms with Gasteiger partial charge in [0.1, 0.15) is 5.75 Å². The molecule has 4 heteroatoms. The Kier molecular flexibility index (Phi) is 3.35. The van der Waals surface area contributed by atoms with Crippen LogP contribution in [0.25, 0.3) is 22.2 Å². The van der Waals surface area contributed by atoms with Gasteiger partial charge in [-0.15, -0.1) is 0 Å². The number of benzene rings is 2. The predicted octanol–water partition coefficient (Wildman–Crippen LogP) is 4.09. The summed E-state index contributed by atoms with van der Waals surface area (Å²) in [6.07, 6.45) is 5.81. The fourth-order valence-electron chi connectivity index (χ4n) is 2.89. The van der Waals surface area contributed by atoms with Gasteiger partial charge in [-0.2, -0.15) is 0 Å². The predicted molar refractivity (Wildman–Crippen MR) is 91.6 cm³/mol. The maximum atomic E-state index is 5.35. The number of aromatic nitrogens is 3. The largest absolute Gasteiger partial charge is 0.497 e. The number of H-pyrrole nitrogens is 1. The van der Waals surface area contributed by atoms with Gasteiger partial charge in [0, 0.05) is 29.2 Å². The summed E-state index contributed by atoms with van der Waals surface area (Å²) in [5, 5.41) is 1.14. The van der Waals surface area contributed by atoms with Crippen LogP contribution in [-0.2, 0) is 6.54 Å². The Labute approximate surface area is 134 Å². The monoisotopic (exact) mass is 303 g/mol. The standard InChI is InChI=1S/C19H17N3O/c1-23-15-7-8-18-16(9-15)17(10-21-18)19-11-20-13-22(19)12-14-5-3-2-4-6-14/h2-11,13,21H,12H2,1H3. The number of ether oxygens (including phenoxy) is 1. The molecule has 0 aliphatic carbocycles. The lowest BCUT2D eigenvalue weighted by atomic mass is 10.1. The van der Waals surface area contributed by atoms with E-state index in [1.807, 2.05) is 36.9 Å². The van der Waals surface area contributed by atoms with Crippen molar-refractivity contribution in [2.45, 2.75) is 6.54 Å². The van der Waals surface area contributed by atoms with Crippen molar-refractivity contribution in [2.24, 2.45) is 0 Å². The van der Waals surface area contributed by atoms with E-state index in [1.54, 1.807) is 7.11 Å². The minimum absolute atomic E-state index is 0.798. The lowest BCUT2D eigenvalue weighted by Gasteiger charge is -2.08. The maximum absolute atomic E-state index is 5.35. The van der Waals surface area contributed by atoms with Crippen molar-refractivity contribution in [3.63, 3.8) is 0 Å². The van der Waals surface area contributed by atoms with Crippen LogP contribution in [-0.4, -0.2) is 21.6 Å². The average Bonchev–Trinajstić information content (AvgIpc) is 3.21. The molecule has 2 aromatic carbocycles. The van der Waals surface area contributed by atoms with E-state index >= 15 is 0 Å². The van der Waals surface area contributed by atoms with Gasteiger partial charge in [0.15, 0.2) is 0 Å². The number of imidazole rings is 1. The van der Waals surface area contributed by atoms with Crippen molar-refractivity contribution in [1.82, 2.24) is 14.5 Å². The summed E-state index contributed by atoms with van der Waals surface area (Å²) in [4.78, 5) is 7.66. The average molecular weight is 303 g/mol. The van der Waals surface area contributed by atoms with Crippen LogP contribution >= 0.6 is 0 Å². The van der Waals surface area contributed by atoms with E-state index in [0.29, 0.717) is 0 Å². The van der Waals surface area contributed by atoms with Crippen molar-refractivity contribution < 1.29 is 4.74 Å². The van der Waals surface area contributed by atoms with Gasteiger partial charge in [-0.25, -0.2) is 4.98 Å². The Hall–Kier alpha value is -3.01. The van der Waals surface area contributed by atoms with Gasteiger partial charge in [0.2, 0.25) is 0 Å². The molecule has 23 heavy (non-hydrogen) atoms. The molecule has 0 radical (unpaired) electrons. The minimum Gasteiger partial charge on any atom is -0.497 e. The van der Waals surface area contributed by atoms with Crippen molar-refractivity contribution in [1.29, 1.82) is 0 Å². The second-order valence-corrected chi connectivity index (χ2v) is 5.51. The topological polar surface area (TPSA) is 42.8 Å². The summed E-state index contributed by atoms with van der Waals surface area (Å²) < 4.78 is 7.52. The number of hydrogen-bond acceptors (Lipinski definition) is 2. The molecule has 0 unspecified atom stereocenters. The van der Waals surface area contributed by atoms with Crippen molar-refractivity contribution >= 4 is 10.9 Å². The quantitative estimate of drug-likeness (QED) is 0.617. The van der Waals surface area contributed by atoms with E-state index in [9.17, 15) is 0 Å². The highest BCUT2D eigenvalue weighted by Gasteiger charge is 2.12. The van der Waals surface area contributed by atoms with Gasteiger partial charge in [-0.1, -0.05) is 30.3 Å². The first-order valence-corrected chi connectivity index (χ1v) is 7.55. The van der Waals surface area contributed by atoms with Crippen LogP contribution in [0, 0.1) is 0 Å². The van der Waals surface area contributed by atoms with Gasteiger partial charge >= 0.3 is 0 Å². The first-order valence-electron chi connectivity index (χ1n) is 7.55. The van der Waals surface area contributed by atoms with Crippen LogP contribution in [0.4, 0.5) is 0 Å². The molecule has 0 spiro atoms. The first-order chi connectivity index (χ1) is 11.3. The van der Waals surface area contributed by atoms with Crippen LogP contribution in [0.15, 0.2) is 67.3 Å². The zero-order chi connectivity index (χ0) is 15.6. The normalized spacial score (nSPS) is 11.0. The van der Waals surface area contributed by atoms with Gasteiger partial charge in [0.25, 0.3) is 0 Å². The zero-order valence-corrected chi connectivity index (χ0v) is 12.9. The molecule has 0 saturated heterocycles. The number of rotatable bonds is 4. The van der Waals surface area contributed by atoms with Crippen LogP contribution in [0.3, 0.4) is 0 Å². The summed E-state index contributed by atoms with van der Waals surface area (Å²) in [7, 11) is 1.69. The Morgan fingerprint density at radius 3 is 2.83 bits per heavy atom. The summed E-state index contributed by atoms with van der Waals surface area (Å²) in [6, 6.07) is 16.5. The third-order valence-corrected chi connectivity index (χ3v) is 4.07. The second-order valence-electron chi connectivity index (χ2n) is 5.51. The van der Waals surface area contributed by atoms with E-state index in [4.69, 9.17) is 4.74 Å². The molecule has 4 aromatic rings. The Bertz CT molecular complexity index is 938. The fourth-order valence-corrected chi connectivity index (χ4v) is 2.89. The molecule has 0 aliphatic heterocycles. The highest BCUT2D eigenvalue weighted by atomic mass is 16.5. The van der Waals surface area contributed by atoms with Crippen molar-refractivity contribution in [3.8, 4) is 17.0 Å². The fraction of sp³-hybridized carbons (Fsp3) is 0.105. The molecule has 0 atom stereocenters. The van der Waals surface area contributed by atoms with Crippen LogP contribution in [0.5, 0.6) is 5.75 Å². The molecule has 1 N–H and O–H groups in total. The number of methoxy groups -OCH3 is 1. The summed E-state index contributed by atoms with van der Waals surface area (Å²) in [5.74, 6) is 0.854. The number of nitrogens with one attached hydrogen (secondary N) is 1. The van der Waals surface area contributed by atoms with Crippen LogP contribution in [0.1, 0.15) is 5.56 Å². The summed E-state index contributed by atoms with van der Waals surface area (Å²) >= 11 is 0. The van der Waals surface area contributed by atoms with Crippen molar-refractivity contribution in [2.75, 3.05) is 7.11 Å². The van der Waals surface area contributed by atoms with Crippen LogP contribution < -0.4 is 4.74 Å². The lowest BCUT2D eigenvalue weighted by Crippen LogP contribution is -1.99. The van der Waals surface area contributed by atoms with E-state index in [-0.39, 0.29) is 0 Å². The molecule has 4 nitrogen and oxygen atoms in total. The molecule has 0 amide bonds. The summed E-state index contributed by atoms with van der Waals surface area (Å²) in [5.41, 5.74) is 4.57. The molecule has 0 bridgehead atoms. The molecule has 114 valence electrons. The smallest absolute Gasteiger partial charge is 0.119 e. The second kappa shape index (κ2) is 5.65. The highest BCUT2D eigenvalue weighted by molar-refractivity contribution is 5.95. The summed E-state index contributed by atoms with van der Waals surface area (Å²) in [6.45, 7) is 0.798. The SMILES string of the molecule is COc1ccc2[nH]cc(-c3cncn3Cc3ccccc3)c2c1. The molecule has 0 aliphatic rings. The van der Waals surface area contributed by atoms with Gasteiger partial charge in [-0.3, -0.25) is 0 Å². The van der Waals surface area contributed by atoms with Gasteiger partial charge in [-0.05, 0) is 23.8 Å². The third kappa shape index (κ3) is 2.48. The number of hydrogen-bond donors (Lipinski definition) is 1. The number of fused-ring (bicyclic) bond motifs is 1. The molecule has 0 fully saturated rings. The van der Waals surface area contributed by atoms with Crippen molar-refractivity contribution in [3.05, 3.63) is 72.8 Å². The molecule has 0 saturated carbocycles. The molecule has 2 aromatic heterocycles. The maximum Gasteiger partial charge on any atom is 0.119 e. The Morgan fingerprint density at radius 1 is 1.13 bits per heavy atom. The van der Waals surface area contributed by atoms with Crippen LogP contribution in [0.2, 0.25) is 0 Å². The van der Waals surface area contributed by atoms with Gasteiger partial charge < -0.3 is 14.3 Å². The zero-order valence-electron chi connectivity index (χ0n) is 12.9. The molecular weight excluding hydrogens is 286 g/mol.